The average Bonchev–Trinajstić information content (AvgIpc) is 3.25. The molecule has 0 N–H and O–H groups in total. The second-order valence-electron chi connectivity index (χ2n) is 4.96. The molecule has 0 spiro atoms. The number of hydrogen-bond acceptors (Lipinski definition) is 3. The molecule has 1 fully saturated rings. The van der Waals surface area contributed by atoms with Gasteiger partial charge in [0.05, 0.1) is 26.9 Å². The van der Waals surface area contributed by atoms with E-state index in [-0.39, 0.29) is 11.8 Å². The van der Waals surface area contributed by atoms with E-state index in [0.717, 1.165) is 23.1 Å². The first-order valence-corrected chi connectivity index (χ1v) is 8.24. The Morgan fingerprint density at radius 1 is 1.48 bits per heavy atom. The molecule has 0 unspecified atom stereocenters. The van der Waals surface area contributed by atoms with Gasteiger partial charge in [0.15, 0.2) is 4.80 Å². The number of thiazole rings is 1. The Kier molecular flexibility index (Phi) is 4.36. The van der Waals surface area contributed by atoms with Crippen LogP contribution < -0.4 is 4.80 Å². The van der Waals surface area contributed by atoms with Crippen LogP contribution in [0, 0.1) is 5.92 Å². The van der Waals surface area contributed by atoms with Crippen LogP contribution >= 0.6 is 34.5 Å². The molecule has 1 amide bonds. The third kappa shape index (κ3) is 3.01. The molecule has 0 aliphatic heterocycles. The van der Waals surface area contributed by atoms with Gasteiger partial charge in [-0.05, 0) is 25.0 Å². The number of ether oxygens (including phenoxy) is 1. The third-order valence-corrected chi connectivity index (χ3v) is 5.22. The molecule has 0 radical (unpaired) electrons. The second-order valence-corrected chi connectivity index (χ2v) is 6.76. The summed E-state index contributed by atoms with van der Waals surface area (Å²) in [6, 6.07) is 3.66. The molecule has 21 heavy (non-hydrogen) atoms. The molecule has 3 rings (SSSR count). The Bertz CT molecular complexity index is 762. The summed E-state index contributed by atoms with van der Waals surface area (Å²) in [4.78, 5) is 16.9. The lowest BCUT2D eigenvalue weighted by Crippen LogP contribution is -2.19. The van der Waals surface area contributed by atoms with Gasteiger partial charge in [0.2, 0.25) is 0 Å². The summed E-state index contributed by atoms with van der Waals surface area (Å²) in [5.41, 5.74) is 0.813. The Morgan fingerprint density at radius 2 is 2.24 bits per heavy atom. The van der Waals surface area contributed by atoms with Crippen LogP contribution in [0.4, 0.5) is 0 Å². The minimum absolute atomic E-state index is 0.0463. The average molecular weight is 345 g/mol. The van der Waals surface area contributed by atoms with E-state index in [0.29, 0.717) is 28.0 Å². The summed E-state index contributed by atoms with van der Waals surface area (Å²) in [5, 5.41) is 0.982. The molecule has 0 bridgehead atoms. The zero-order valence-electron chi connectivity index (χ0n) is 11.4. The first kappa shape index (κ1) is 15.0. The van der Waals surface area contributed by atoms with Gasteiger partial charge in [0, 0.05) is 19.6 Å². The van der Waals surface area contributed by atoms with Crippen molar-refractivity contribution in [3.8, 4) is 0 Å². The summed E-state index contributed by atoms with van der Waals surface area (Å²) >= 11 is 13.9. The van der Waals surface area contributed by atoms with Crippen LogP contribution in [0.3, 0.4) is 0 Å². The van der Waals surface area contributed by atoms with Gasteiger partial charge in [-0.1, -0.05) is 34.5 Å². The highest BCUT2D eigenvalue weighted by atomic mass is 35.5. The first-order valence-electron chi connectivity index (χ1n) is 6.66. The van der Waals surface area contributed by atoms with E-state index in [1.54, 1.807) is 13.2 Å². The molecular formula is C14H14Cl2N2O2S. The smallest absolute Gasteiger partial charge is 0.251 e. The summed E-state index contributed by atoms with van der Waals surface area (Å²) in [6.07, 6.45) is 1.88. The van der Waals surface area contributed by atoms with Gasteiger partial charge >= 0.3 is 0 Å². The van der Waals surface area contributed by atoms with E-state index in [4.69, 9.17) is 27.9 Å². The van der Waals surface area contributed by atoms with Crippen molar-refractivity contribution >= 4 is 50.7 Å². The number of aromatic nitrogens is 1. The number of carbonyl (C=O) groups excluding carboxylic acids is 1. The Morgan fingerprint density at radius 3 is 2.90 bits per heavy atom. The Labute approximate surface area is 136 Å². The molecule has 1 aliphatic carbocycles. The number of methoxy groups -OCH3 is 1. The minimum Gasteiger partial charge on any atom is -0.383 e. The lowest BCUT2D eigenvalue weighted by Gasteiger charge is -2.06. The molecule has 1 aromatic carbocycles. The molecule has 112 valence electrons. The van der Waals surface area contributed by atoms with Crippen molar-refractivity contribution in [2.24, 2.45) is 10.9 Å². The molecule has 1 aromatic heterocycles. The molecular weight excluding hydrogens is 331 g/mol. The predicted molar refractivity (Wildman–Crippen MR) is 85.0 cm³/mol. The van der Waals surface area contributed by atoms with Crippen LogP contribution in [0.15, 0.2) is 17.1 Å². The SMILES string of the molecule is COCCn1c(=NC(=O)C2CC2)sc2ccc(Cl)c(Cl)c21. The fourth-order valence-corrected chi connectivity index (χ4v) is 3.64. The van der Waals surface area contributed by atoms with Gasteiger partial charge in [-0.3, -0.25) is 4.79 Å². The number of hydrogen-bond donors (Lipinski definition) is 0. The van der Waals surface area contributed by atoms with E-state index < -0.39 is 0 Å². The van der Waals surface area contributed by atoms with Gasteiger partial charge in [0.1, 0.15) is 0 Å². The van der Waals surface area contributed by atoms with Crippen molar-refractivity contribution in [3.63, 3.8) is 0 Å². The minimum atomic E-state index is -0.0463. The highest BCUT2D eigenvalue weighted by Gasteiger charge is 2.29. The van der Waals surface area contributed by atoms with Crippen LogP contribution in [-0.4, -0.2) is 24.2 Å². The number of rotatable bonds is 4. The van der Waals surface area contributed by atoms with Crippen LogP contribution in [0.2, 0.25) is 10.0 Å². The topological polar surface area (TPSA) is 43.6 Å². The van der Waals surface area contributed by atoms with Gasteiger partial charge < -0.3 is 9.30 Å². The first-order chi connectivity index (χ1) is 10.1. The predicted octanol–water partition coefficient (Wildman–Crippen LogP) is 3.49. The lowest BCUT2D eigenvalue weighted by molar-refractivity contribution is -0.119. The van der Waals surface area contributed by atoms with E-state index in [2.05, 4.69) is 4.99 Å². The molecule has 1 saturated carbocycles. The normalized spacial score (nSPS) is 15.9. The van der Waals surface area contributed by atoms with Gasteiger partial charge in [-0.15, -0.1) is 0 Å². The summed E-state index contributed by atoms with van der Waals surface area (Å²) in [5.74, 6) is 0.0556. The summed E-state index contributed by atoms with van der Waals surface area (Å²) < 4.78 is 8.01. The quantitative estimate of drug-likeness (QED) is 0.851. The molecule has 0 saturated heterocycles. The standard InChI is InChI=1S/C14H14Cl2N2O2S/c1-20-7-6-18-12-10(5-4-9(15)11(12)16)21-14(18)17-13(19)8-2-3-8/h4-5,8H,2-3,6-7H2,1H3. The van der Waals surface area contributed by atoms with E-state index in [9.17, 15) is 4.79 Å². The molecule has 0 atom stereocenters. The number of amides is 1. The van der Waals surface area contributed by atoms with E-state index in [1.807, 2.05) is 10.6 Å². The van der Waals surface area contributed by atoms with Gasteiger partial charge in [-0.25, -0.2) is 0 Å². The van der Waals surface area contributed by atoms with Gasteiger partial charge in [0.25, 0.3) is 5.91 Å². The van der Waals surface area contributed by atoms with Crippen LogP contribution in [0.5, 0.6) is 0 Å². The maximum Gasteiger partial charge on any atom is 0.251 e. The highest BCUT2D eigenvalue weighted by molar-refractivity contribution is 7.16. The largest absolute Gasteiger partial charge is 0.383 e. The molecule has 4 nitrogen and oxygen atoms in total. The maximum atomic E-state index is 12.0. The lowest BCUT2D eigenvalue weighted by atomic mass is 10.3. The van der Waals surface area contributed by atoms with E-state index >= 15 is 0 Å². The molecule has 7 heteroatoms. The monoisotopic (exact) mass is 344 g/mol. The third-order valence-electron chi connectivity index (χ3n) is 3.39. The number of fused-ring (bicyclic) bond motifs is 1. The summed E-state index contributed by atoms with van der Waals surface area (Å²) in [6.45, 7) is 1.09. The van der Waals surface area contributed by atoms with Crippen molar-refractivity contribution in [1.82, 2.24) is 4.57 Å². The van der Waals surface area contributed by atoms with E-state index in [1.165, 1.54) is 11.3 Å². The summed E-state index contributed by atoms with van der Waals surface area (Å²) in [7, 11) is 1.63. The molecule has 1 aliphatic rings. The number of nitrogens with zero attached hydrogens (tertiary/aromatic N) is 2. The van der Waals surface area contributed by atoms with Crippen LogP contribution in [0.1, 0.15) is 12.8 Å². The van der Waals surface area contributed by atoms with Gasteiger partial charge in [-0.2, -0.15) is 4.99 Å². The Hall–Kier alpha value is -0.880. The van der Waals surface area contributed by atoms with Crippen molar-refractivity contribution in [2.45, 2.75) is 19.4 Å². The number of halogens is 2. The van der Waals surface area contributed by atoms with Crippen molar-refractivity contribution < 1.29 is 9.53 Å². The molecule has 1 heterocycles. The molecule has 2 aromatic rings. The second kappa shape index (κ2) is 6.08. The number of carbonyl (C=O) groups is 1. The van der Waals surface area contributed by atoms with Crippen molar-refractivity contribution in [3.05, 3.63) is 27.0 Å². The van der Waals surface area contributed by atoms with Crippen LogP contribution in [-0.2, 0) is 16.1 Å². The fourth-order valence-electron chi connectivity index (χ4n) is 2.09. The fraction of sp³-hybridized carbons (Fsp3) is 0.429. The zero-order chi connectivity index (χ0) is 15.0. The zero-order valence-corrected chi connectivity index (χ0v) is 13.8. The highest BCUT2D eigenvalue weighted by Crippen LogP contribution is 2.33. The van der Waals surface area contributed by atoms with Crippen molar-refractivity contribution in [1.29, 1.82) is 0 Å². The van der Waals surface area contributed by atoms with Crippen LogP contribution in [0.25, 0.3) is 10.2 Å². The maximum absolute atomic E-state index is 12.0. The number of benzene rings is 1. The van der Waals surface area contributed by atoms with Crippen molar-refractivity contribution in [2.75, 3.05) is 13.7 Å². The Balaban J connectivity index is 2.18.